The van der Waals surface area contributed by atoms with Crippen molar-refractivity contribution in [1.82, 2.24) is 20.3 Å². The van der Waals surface area contributed by atoms with Gasteiger partial charge < -0.3 is 5.32 Å². The van der Waals surface area contributed by atoms with Gasteiger partial charge in [-0.1, -0.05) is 12.1 Å². The summed E-state index contributed by atoms with van der Waals surface area (Å²) in [6.45, 7) is 3.90. The molecule has 0 saturated heterocycles. The molecule has 56 valence electrons. The normalized spacial score (nSPS) is 10.2. The Morgan fingerprint density at radius 3 is 3.00 bits per heavy atom. The fraction of sp³-hybridized carbons (Fsp3) is 0.667. The van der Waals surface area contributed by atoms with Crippen molar-refractivity contribution in [3.05, 3.63) is 11.9 Å². The van der Waals surface area contributed by atoms with E-state index in [-0.39, 0.29) is 0 Å². The van der Waals surface area contributed by atoms with E-state index in [0.29, 0.717) is 0 Å². The van der Waals surface area contributed by atoms with Crippen molar-refractivity contribution in [2.45, 2.75) is 13.5 Å². The van der Waals surface area contributed by atoms with Gasteiger partial charge in [-0.2, -0.15) is 0 Å². The summed E-state index contributed by atoms with van der Waals surface area (Å²) in [5.41, 5.74) is 1.11. The van der Waals surface area contributed by atoms with E-state index in [9.17, 15) is 0 Å². The minimum atomic E-state index is 0.847. The molecule has 1 aromatic heterocycles. The van der Waals surface area contributed by atoms with Crippen LogP contribution in [-0.2, 0) is 13.6 Å². The number of aromatic nitrogens is 3. The van der Waals surface area contributed by atoms with Gasteiger partial charge in [-0.3, -0.25) is 4.68 Å². The average molecular weight is 140 g/mol. The fourth-order valence-corrected chi connectivity index (χ4v) is 0.724. The molecule has 1 rings (SSSR count). The molecule has 1 N–H and O–H groups in total. The van der Waals surface area contributed by atoms with Crippen molar-refractivity contribution in [1.29, 1.82) is 0 Å². The van der Waals surface area contributed by atoms with E-state index in [4.69, 9.17) is 0 Å². The number of nitrogens with one attached hydrogen (secondary N) is 1. The van der Waals surface area contributed by atoms with Crippen molar-refractivity contribution < 1.29 is 0 Å². The molecule has 0 aliphatic heterocycles. The zero-order valence-corrected chi connectivity index (χ0v) is 6.33. The lowest BCUT2D eigenvalue weighted by molar-refractivity contribution is 0.630. The topological polar surface area (TPSA) is 42.7 Å². The van der Waals surface area contributed by atoms with Crippen LogP contribution in [0.25, 0.3) is 0 Å². The van der Waals surface area contributed by atoms with Crippen molar-refractivity contribution in [3.8, 4) is 0 Å². The molecule has 0 aliphatic carbocycles. The summed E-state index contributed by atoms with van der Waals surface area (Å²) in [6.07, 6.45) is 1.77. The number of hydrogen-bond acceptors (Lipinski definition) is 3. The Labute approximate surface area is 60.2 Å². The van der Waals surface area contributed by atoms with Crippen LogP contribution in [0.1, 0.15) is 12.6 Å². The molecule has 0 saturated carbocycles. The molecule has 1 aromatic rings. The van der Waals surface area contributed by atoms with Crippen LogP contribution in [0.15, 0.2) is 6.20 Å². The van der Waals surface area contributed by atoms with E-state index in [1.54, 1.807) is 10.9 Å². The van der Waals surface area contributed by atoms with Crippen LogP contribution in [0.3, 0.4) is 0 Å². The maximum atomic E-state index is 3.80. The van der Waals surface area contributed by atoms with Crippen molar-refractivity contribution in [2.75, 3.05) is 6.54 Å². The first-order valence-corrected chi connectivity index (χ1v) is 3.39. The lowest BCUT2D eigenvalue weighted by atomic mass is 10.4. The average Bonchev–Trinajstić information content (AvgIpc) is 2.31. The standard InChI is InChI=1S/C6H12N4/c1-3-7-4-6-5-8-9-10(6)2/h5,7H,3-4H2,1-2H3. The highest BCUT2D eigenvalue weighted by atomic mass is 15.4. The van der Waals surface area contributed by atoms with Gasteiger partial charge in [0, 0.05) is 13.6 Å². The molecule has 0 atom stereocenters. The summed E-state index contributed by atoms with van der Waals surface area (Å²) in [7, 11) is 1.89. The Morgan fingerprint density at radius 2 is 2.50 bits per heavy atom. The molecule has 0 radical (unpaired) electrons. The van der Waals surface area contributed by atoms with Gasteiger partial charge in [0.1, 0.15) is 0 Å². The second-order valence-corrected chi connectivity index (χ2v) is 2.13. The van der Waals surface area contributed by atoms with Crippen LogP contribution in [0.4, 0.5) is 0 Å². The first-order chi connectivity index (χ1) is 4.84. The largest absolute Gasteiger partial charge is 0.311 e. The van der Waals surface area contributed by atoms with Crippen molar-refractivity contribution in [2.24, 2.45) is 7.05 Å². The van der Waals surface area contributed by atoms with Gasteiger partial charge in [-0.05, 0) is 6.54 Å². The van der Waals surface area contributed by atoms with Gasteiger partial charge in [0.2, 0.25) is 0 Å². The summed E-state index contributed by atoms with van der Waals surface area (Å²) in [6, 6.07) is 0. The molecule has 4 heteroatoms. The van der Waals surface area contributed by atoms with Gasteiger partial charge in [0.05, 0.1) is 11.9 Å². The zero-order valence-electron chi connectivity index (χ0n) is 6.33. The monoisotopic (exact) mass is 140 g/mol. The van der Waals surface area contributed by atoms with E-state index in [1.165, 1.54) is 0 Å². The first kappa shape index (κ1) is 7.21. The number of aryl methyl sites for hydroxylation is 1. The van der Waals surface area contributed by atoms with E-state index in [0.717, 1.165) is 18.8 Å². The molecule has 0 fully saturated rings. The number of rotatable bonds is 3. The van der Waals surface area contributed by atoms with Gasteiger partial charge in [-0.25, -0.2) is 0 Å². The van der Waals surface area contributed by atoms with Gasteiger partial charge >= 0.3 is 0 Å². The third-order valence-electron chi connectivity index (χ3n) is 1.36. The van der Waals surface area contributed by atoms with Gasteiger partial charge in [0.25, 0.3) is 0 Å². The van der Waals surface area contributed by atoms with Crippen LogP contribution < -0.4 is 5.32 Å². The Hall–Kier alpha value is -0.900. The Kier molecular flexibility index (Phi) is 2.39. The summed E-state index contributed by atoms with van der Waals surface area (Å²) >= 11 is 0. The van der Waals surface area contributed by atoms with Crippen molar-refractivity contribution >= 4 is 0 Å². The zero-order chi connectivity index (χ0) is 7.40. The molecular weight excluding hydrogens is 128 g/mol. The summed E-state index contributed by atoms with van der Waals surface area (Å²) in [4.78, 5) is 0. The Morgan fingerprint density at radius 1 is 1.70 bits per heavy atom. The second kappa shape index (κ2) is 3.31. The highest BCUT2D eigenvalue weighted by molar-refractivity contribution is 4.91. The maximum absolute atomic E-state index is 3.80. The maximum Gasteiger partial charge on any atom is 0.0738 e. The SMILES string of the molecule is CCNCc1cnnn1C. The minimum absolute atomic E-state index is 0.847. The molecule has 0 unspecified atom stereocenters. The highest BCUT2D eigenvalue weighted by Crippen LogP contribution is 1.90. The third-order valence-corrected chi connectivity index (χ3v) is 1.36. The quantitative estimate of drug-likeness (QED) is 0.638. The highest BCUT2D eigenvalue weighted by Gasteiger charge is 1.95. The summed E-state index contributed by atoms with van der Waals surface area (Å²) in [5, 5.41) is 10.7. The number of hydrogen-bond donors (Lipinski definition) is 1. The van der Waals surface area contributed by atoms with Crippen LogP contribution in [-0.4, -0.2) is 21.5 Å². The molecule has 1 heterocycles. The van der Waals surface area contributed by atoms with E-state index >= 15 is 0 Å². The van der Waals surface area contributed by atoms with E-state index in [1.807, 2.05) is 7.05 Å². The Balaban J connectivity index is 2.49. The van der Waals surface area contributed by atoms with Gasteiger partial charge in [0.15, 0.2) is 0 Å². The second-order valence-electron chi connectivity index (χ2n) is 2.13. The lowest BCUT2D eigenvalue weighted by Gasteiger charge is -1.98. The van der Waals surface area contributed by atoms with Crippen LogP contribution in [0.2, 0.25) is 0 Å². The Bertz CT molecular complexity index is 193. The first-order valence-electron chi connectivity index (χ1n) is 3.39. The third kappa shape index (κ3) is 1.54. The minimum Gasteiger partial charge on any atom is -0.311 e. The van der Waals surface area contributed by atoms with Crippen LogP contribution in [0.5, 0.6) is 0 Å². The molecule has 0 amide bonds. The van der Waals surface area contributed by atoms with Crippen LogP contribution >= 0.6 is 0 Å². The van der Waals surface area contributed by atoms with E-state index < -0.39 is 0 Å². The summed E-state index contributed by atoms with van der Waals surface area (Å²) < 4.78 is 1.77. The van der Waals surface area contributed by atoms with Gasteiger partial charge in [-0.15, -0.1) is 5.10 Å². The molecule has 0 spiro atoms. The molecule has 0 aromatic carbocycles. The predicted octanol–water partition coefficient (Wildman–Crippen LogP) is -0.0754. The fourth-order valence-electron chi connectivity index (χ4n) is 0.724. The lowest BCUT2D eigenvalue weighted by Crippen LogP contribution is -2.14. The molecule has 0 aliphatic rings. The van der Waals surface area contributed by atoms with Crippen LogP contribution in [0, 0.1) is 0 Å². The van der Waals surface area contributed by atoms with Crippen molar-refractivity contribution in [3.63, 3.8) is 0 Å². The van der Waals surface area contributed by atoms with E-state index in [2.05, 4.69) is 22.6 Å². The summed E-state index contributed by atoms with van der Waals surface area (Å²) in [5.74, 6) is 0. The molecule has 0 bridgehead atoms. The molecule has 10 heavy (non-hydrogen) atoms. The molecular formula is C6H12N4. The smallest absolute Gasteiger partial charge is 0.0738 e. The number of nitrogens with zero attached hydrogens (tertiary/aromatic N) is 3. The molecule has 4 nitrogen and oxygen atoms in total. The predicted molar refractivity (Wildman–Crippen MR) is 38.4 cm³/mol.